The highest BCUT2D eigenvalue weighted by atomic mass is 127. The van der Waals surface area contributed by atoms with E-state index in [4.69, 9.17) is 5.73 Å². The van der Waals surface area contributed by atoms with E-state index in [0.29, 0.717) is 5.57 Å². The van der Waals surface area contributed by atoms with Gasteiger partial charge in [0.15, 0.2) is 0 Å². The molecular weight excluding hydrogens is 361 g/mol. The Morgan fingerprint density at radius 3 is 1.75 bits per heavy atom. The van der Waals surface area contributed by atoms with Gasteiger partial charge in [-0.3, -0.25) is 4.79 Å². The minimum atomic E-state index is -0.403. The topological polar surface area (TPSA) is 43.1 Å². The van der Waals surface area contributed by atoms with Gasteiger partial charge < -0.3 is 5.73 Å². The molecule has 2 aromatic carbocycles. The fraction of sp³-hybridized carbons (Fsp3) is 0.118. The van der Waals surface area contributed by atoms with Gasteiger partial charge in [-0.2, -0.15) is 0 Å². The van der Waals surface area contributed by atoms with Crippen LogP contribution in [-0.2, 0) is 8.22 Å². The Morgan fingerprint density at radius 2 is 1.40 bits per heavy atom. The molecule has 0 bridgehead atoms. The van der Waals surface area contributed by atoms with E-state index in [0.717, 1.165) is 11.1 Å². The zero-order chi connectivity index (χ0) is 14.6. The van der Waals surface area contributed by atoms with E-state index in [1.807, 2.05) is 42.5 Å². The van der Waals surface area contributed by atoms with Crippen LogP contribution >= 0.6 is 22.6 Å². The summed E-state index contributed by atoms with van der Waals surface area (Å²) in [5, 5.41) is 0. The summed E-state index contributed by atoms with van der Waals surface area (Å²) in [7, 11) is 0. The van der Waals surface area contributed by atoms with E-state index in [1.54, 1.807) is 6.92 Å². The predicted octanol–water partition coefficient (Wildman–Crippen LogP) is 3.80. The summed E-state index contributed by atoms with van der Waals surface area (Å²) >= 11 is 2.37. The van der Waals surface area contributed by atoms with Crippen LogP contribution in [0, 0.1) is 0 Å². The maximum absolute atomic E-state index is 11.4. The van der Waals surface area contributed by atoms with Crippen LogP contribution in [0.4, 0.5) is 0 Å². The van der Waals surface area contributed by atoms with Crippen molar-refractivity contribution in [2.24, 2.45) is 5.73 Å². The number of benzene rings is 2. The lowest BCUT2D eigenvalue weighted by Crippen LogP contribution is -2.20. The predicted molar refractivity (Wildman–Crippen MR) is 90.6 cm³/mol. The maximum Gasteiger partial charge on any atom is 0.244 e. The summed E-state index contributed by atoms with van der Waals surface area (Å²) in [5.74, 6) is -0.391. The summed E-state index contributed by atoms with van der Waals surface area (Å²) in [6.07, 6.45) is 1.93. The molecular formula is C17H16INO. The fourth-order valence-electron chi connectivity index (χ4n) is 2.06. The summed E-state index contributed by atoms with van der Waals surface area (Å²) in [5.41, 5.74) is 8.19. The fourth-order valence-corrected chi connectivity index (χ4v) is 3.25. The van der Waals surface area contributed by atoms with Crippen LogP contribution in [-0.4, -0.2) is 5.91 Å². The van der Waals surface area contributed by atoms with Crippen molar-refractivity contribution in [2.45, 2.75) is 10.3 Å². The Bertz CT molecular complexity index is 580. The van der Waals surface area contributed by atoms with Gasteiger partial charge in [-0.25, -0.2) is 0 Å². The minimum absolute atomic E-state index is 0.391. The largest absolute Gasteiger partial charge is 0.366 e. The molecule has 1 amide bonds. The molecule has 2 N–H and O–H groups in total. The van der Waals surface area contributed by atoms with E-state index in [-0.39, 0.29) is 0 Å². The molecule has 0 saturated carbocycles. The van der Waals surface area contributed by atoms with Crippen LogP contribution in [0.25, 0.3) is 0 Å². The zero-order valence-corrected chi connectivity index (χ0v) is 13.4. The van der Waals surface area contributed by atoms with Crippen LogP contribution in [0.15, 0.2) is 72.3 Å². The number of allylic oxidation sites excluding steroid dienone is 1. The first-order valence-electron chi connectivity index (χ1n) is 6.33. The van der Waals surface area contributed by atoms with Crippen molar-refractivity contribution < 1.29 is 4.79 Å². The van der Waals surface area contributed by atoms with Crippen molar-refractivity contribution >= 4 is 28.5 Å². The van der Waals surface area contributed by atoms with Gasteiger partial charge in [0.05, 0.1) is 3.42 Å². The molecule has 0 aromatic heterocycles. The van der Waals surface area contributed by atoms with Crippen molar-refractivity contribution in [3.05, 3.63) is 83.4 Å². The molecule has 0 fully saturated rings. The lowest BCUT2D eigenvalue weighted by atomic mass is 9.89. The first-order chi connectivity index (χ1) is 9.54. The van der Waals surface area contributed by atoms with Gasteiger partial charge in [-0.05, 0) is 18.1 Å². The molecule has 20 heavy (non-hydrogen) atoms. The van der Waals surface area contributed by atoms with Gasteiger partial charge in [0.25, 0.3) is 0 Å². The average Bonchev–Trinajstić information content (AvgIpc) is 2.48. The number of halogens is 1. The maximum atomic E-state index is 11.4. The summed E-state index contributed by atoms with van der Waals surface area (Å²) in [6.45, 7) is 1.75. The number of alkyl halides is 1. The van der Waals surface area contributed by atoms with Crippen molar-refractivity contribution in [1.82, 2.24) is 0 Å². The summed E-state index contributed by atoms with van der Waals surface area (Å²) in [4.78, 5) is 11.4. The molecule has 2 aromatic rings. The first kappa shape index (κ1) is 14.8. The van der Waals surface area contributed by atoms with E-state index in [1.165, 1.54) is 0 Å². The Kier molecular flexibility index (Phi) is 4.60. The quantitative estimate of drug-likeness (QED) is 0.492. The molecule has 102 valence electrons. The third-order valence-corrected chi connectivity index (χ3v) is 4.75. The molecule has 2 nitrogen and oxygen atoms in total. The monoisotopic (exact) mass is 377 g/mol. The third kappa shape index (κ3) is 3.10. The highest BCUT2D eigenvalue weighted by Crippen LogP contribution is 2.41. The Labute approximate surface area is 132 Å². The second-order valence-corrected chi connectivity index (χ2v) is 6.34. The molecule has 3 heteroatoms. The first-order valence-corrected chi connectivity index (χ1v) is 7.41. The number of primary amides is 1. The van der Waals surface area contributed by atoms with Gasteiger partial charge >= 0.3 is 0 Å². The van der Waals surface area contributed by atoms with Gasteiger partial charge in [0.1, 0.15) is 0 Å². The second-order valence-electron chi connectivity index (χ2n) is 4.64. The van der Waals surface area contributed by atoms with Crippen LogP contribution in [0.5, 0.6) is 0 Å². The molecule has 0 aliphatic heterocycles. The number of carbonyl (C=O) groups is 1. The summed E-state index contributed by atoms with van der Waals surface area (Å²) in [6, 6.07) is 20.2. The number of nitrogens with two attached hydrogens (primary N) is 1. The van der Waals surface area contributed by atoms with Gasteiger partial charge in [-0.1, -0.05) is 89.3 Å². The molecule has 0 spiro atoms. The molecule has 0 saturated heterocycles. The van der Waals surface area contributed by atoms with Crippen molar-refractivity contribution in [3.8, 4) is 0 Å². The normalized spacial score (nSPS) is 12.2. The van der Waals surface area contributed by atoms with Gasteiger partial charge in [-0.15, -0.1) is 0 Å². The standard InChI is InChI=1S/C17H16INO/c1-13(16(19)20)12-17(18,14-8-4-2-5-9-14)15-10-6-3-7-11-15/h2-12H,1H3,(H2,19,20). The number of hydrogen-bond acceptors (Lipinski definition) is 1. The summed E-state index contributed by atoms with van der Waals surface area (Å²) < 4.78 is -0.403. The molecule has 0 heterocycles. The van der Waals surface area contributed by atoms with Crippen LogP contribution in [0.2, 0.25) is 0 Å². The van der Waals surface area contributed by atoms with Crippen molar-refractivity contribution in [3.63, 3.8) is 0 Å². The van der Waals surface area contributed by atoms with E-state index in [2.05, 4.69) is 46.9 Å². The lowest BCUT2D eigenvalue weighted by Gasteiger charge is -2.26. The second kappa shape index (κ2) is 6.22. The zero-order valence-electron chi connectivity index (χ0n) is 11.2. The highest BCUT2D eigenvalue weighted by molar-refractivity contribution is 14.1. The van der Waals surface area contributed by atoms with Crippen molar-refractivity contribution in [2.75, 3.05) is 0 Å². The Hall–Kier alpha value is -1.62. The highest BCUT2D eigenvalue weighted by Gasteiger charge is 2.29. The van der Waals surface area contributed by atoms with E-state index in [9.17, 15) is 4.79 Å². The number of hydrogen-bond donors (Lipinski definition) is 1. The Balaban J connectivity index is 2.61. The van der Waals surface area contributed by atoms with Crippen molar-refractivity contribution in [1.29, 1.82) is 0 Å². The number of rotatable bonds is 4. The SMILES string of the molecule is CC(=CC(I)(c1ccccc1)c1ccccc1)C(N)=O. The average molecular weight is 377 g/mol. The molecule has 0 aliphatic carbocycles. The molecule has 0 radical (unpaired) electrons. The smallest absolute Gasteiger partial charge is 0.244 e. The number of carbonyl (C=O) groups excluding carboxylic acids is 1. The third-order valence-electron chi connectivity index (χ3n) is 3.19. The lowest BCUT2D eigenvalue weighted by molar-refractivity contribution is -0.114. The molecule has 2 rings (SSSR count). The van der Waals surface area contributed by atoms with Gasteiger partial charge in [0, 0.05) is 5.57 Å². The van der Waals surface area contributed by atoms with E-state index < -0.39 is 9.33 Å². The van der Waals surface area contributed by atoms with Crippen LogP contribution in [0.1, 0.15) is 18.1 Å². The van der Waals surface area contributed by atoms with E-state index >= 15 is 0 Å². The van der Waals surface area contributed by atoms with Gasteiger partial charge in [0.2, 0.25) is 5.91 Å². The molecule has 0 atom stereocenters. The molecule has 0 aliphatic rings. The minimum Gasteiger partial charge on any atom is -0.366 e. The number of amides is 1. The van der Waals surface area contributed by atoms with Crippen LogP contribution in [0.3, 0.4) is 0 Å². The molecule has 0 unspecified atom stereocenters. The van der Waals surface area contributed by atoms with Crippen LogP contribution < -0.4 is 5.73 Å². The Morgan fingerprint density at radius 1 is 1.00 bits per heavy atom.